The Kier molecular flexibility index (Phi) is 3.72. The van der Waals surface area contributed by atoms with Crippen molar-refractivity contribution in [3.8, 4) is 5.88 Å². The zero-order valence-electron chi connectivity index (χ0n) is 9.40. The molecule has 2 N–H and O–H groups in total. The van der Waals surface area contributed by atoms with Crippen molar-refractivity contribution in [1.29, 1.82) is 0 Å². The van der Waals surface area contributed by atoms with Gasteiger partial charge in [-0.3, -0.25) is 0 Å². The van der Waals surface area contributed by atoms with Crippen LogP contribution >= 0.6 is 0 Å². The van der Waals surface area contributed by atoms with Gasteiger partial charge in [0.1, 0.15) is 11.3 Å². The summed E-state index contributed by atoms with van der Waals surface area (Å²) in [6.45, 7) is 0. The zero-order chi connectivity index (χ0) is 15.9. The molecule has 20 heavy (non-hydrogen) atoms. The molecule has 0 unspecified atom stereocenters. The second kappa shape index (κ2) is 4.59. The molecule has 0 saturated carbocycles. The number of anilines is 1. The number of nitrogens with zero attached hydrogens (tertiary/aromatic N) is 2. The predicted molar refractivity (Wildman–Crippen MR) is 47.9 cm³/mol. The molecule has 1 aromatic heterocycles. The standard InChI is InChI=1S/C8H5F8N3O/c1-20-4-2(7(11,12)13)3(18-5(17)19-4)6(9,10)8(14,15)16/h1H3,(H2,17,18,19). The number of nitrogens with two attached hydrogens (primary N) is 1. The number of ether oxygens (including phenoxy) is 1. The van der Waals surface area contributed by atoms with Crippen molar-refractivity contribution >= 4 is 5.95 Å². The third kappa shape index (κ3) is 2.67. The molecule has 0 bridgehead atoms. The minimum absolute atomic E-state index is 0.604. The van der Waals surface area contributed by atoms with Gasteiger partial charge < -0.3 is 10.5 Å². The normalized spacial score (nSPS) is 13.4. The summed E-state index contributed by atoms with van der Waals surface area (Å²) in [5.41, 5.74) is -0.226. The average Bonchev–Trinajstić information content (AvgIpc) is 2.24. The van der Waals surface area contributed by atoms with E-state index in [1.807, 2.05) is 0 Å². The maximum atomic E-state index is 13.1. The maximum absolute atomic E-state index is 13.1. The summed E-state index contributed by atoms with van der Waals surface area (Å²) < 4.78 is 105. The first kappa shape index (κ1) is 16.2. The monoisotopic (exact) mass is 311 g/mol. The van der Waals surface area contributed by atoms with Gasteiger partial charge in [0.15, 0.2) is 0 Å². The first-order valence-corrected chi connectivity index (χ1v) is 4.56. The third-order valence-electron chi connectivity index (χ3n) is 2.02. The van der Waals surface area contributed by atoms with Gasteiger partial charge in [-0.2, -0.15) is 40.1 Å². The Labute approximate surface area is 105 Å². The molecule has 0 fully saturated rings. The molecule has 0 aliphatic carbocycles. The van der Waals surface area contributed by atoms with Gasteiger partial charge in [-0.25, -0.2) is 4.98 Å². The summed E-state index contributed by atoms with van der Waals surface area (Å²) in [5, 5.41) is 0. The van der Waals surface area contributed by atoms with Crippen LogP contribution in [-0.4, -0.2) is 23.3 Å². The first-order valence-electron chi connectivity index (χ1n) is 4.56. The fourth-order valence-electron chi connectivity index (χ4n) is 1.22. The smallest absolute Gasteiger partial charge is 0.459 e. The van der Waals surface area contributed by atoms with Crippen molar-refractivity contribution in [1.82, 2.24) is 9.97 Å². The van der Waals surface area contributed by atoms with Crippen LogP contribution in [-0.2, 0) is 12.1 Å². The van der Waals surface area contributed by atoms with Gasteiger partial charge >= 0.3 is 18.3 Å². The van der Waals surface area contributed by atoms with Gasteiger partial charge in [-0.1, -0.05) is 0 Å². The highest BCUT2D eigenvalue weighted by Gasteiger charge is 2.63. The van der Waals surface area contributed by atoms with E-state index in [0.717, 1.165) is 0 Å². The lowest BCUT2D eigenvalue weighted by atomic mass is 10.1. The number of methoxy groups -OCH3 is 1. The lowest BCUT2D eigenvalue weighted by Crippen LogP contribution is -2.37. The lowest BCUT2D eigenvalue weighted by Gasteiger charge is -2.23. The summed E-state index contributed by atoms with van der Waals surface area (Å²) in [4.78, 5) is 5.22. The summed E-state index contributed by atoms with van der Waals surface area (Å²) in [6.07, 6.45) is -11.9. The summed E-state index contributed by atoms with van der Waals surface area (Å²) in [7, 11) is 0.604. The Balaban J connectivity index is 3.74. The number of nitrogen functional groups attached to an aromatic ring is 1. The van der Waals surface area contributed by atoms with Gasteiger partial charge in [0.25, 0.3) is 0 Å². The summed E-state index contributed by atoms with van der Waals surface area (Å²) in [6, 6.07) is 0. The van der Waals surface area contributed by atoms with Crippen molar-refractivity contribution < 1.29 is 39.9 Å². The highest BCUT2D eigenvalue weighted by molar-refractivity contribution is 5.41. The van der Waals surface area contributed by atoms with Crippen molar-refractivity contribution in [3.05, 3.63) is 11.3 Å². The molecule has 114 valence electrons. The quantitative estimate of drug-likeness (QED) is 0.853. The molecule has 0 aromatic carbocycles. The van der Waals surface area contributed by atoms with E-state index in [-0.39, 0.29) is 0 Å². The van der Waals surface area contributed by atoms with E-state index in [0.29, 0.717) is 7.11 Å². The summed E-state index contributed by atoms with van der Waals surface area (Å²) in [5.74, 6) is -8.61. The molecule has 0 radical (unpaired) electrons. The van der Waals surface area contributed by atoms with Crippen molar-refractivity contribution in [3.63, 3.8) is 0 Å². The summed E-state index contributed by atoms with van der Waals surface area (Å²) >= 11 is 0. The molecule has 0 saturated heterocycles. The Morgan fingerprint density at radius 1 is 0.950 bits per heavy atom. The predicted octanol–water partition coefficient (Wildman–Crippen LogP) is 2.74. The molecule has 12 heteroatoms. The lowest BCUT2D eigenvalue weighted by molar-refractivity contribution is -0.292. The minimum Gasteiger partial charge on any atom is -0.480 e. The number of hydrogen-bond donors (Lipinski definition) is 1. The van der Waals surface area contributed by atoms with Crippen LogP contribution in [0, 0.1) is 0 Å². The molecule has 1 aromatic rings. The number of aromatic nitrogens is 2. The van der Waals surface area contributed by atoms with Crippen LogP contribution < -0.4 is 10.5 Å². The number of rotatable bonds is 2. The largest absolute Gasteiger partial charge is 0.480 e. The fraction of sp³-hybridized carbons (Fsp3) is 0.500. The van der Waals surface area contributed by atoms with Crippen molar-refractivity contribution in [2.24, 2.45) is 0 Å². The van der Waals surface area contributed by atoms with Gasteiger partial charge in [0.2, 0.25) is 11.8 Å². The van der Waals surface area contributed by atoms with Crippen LogP contribution in [0.1, 0.15) is 11.3 Å². The van der Waals surface area contributed by atoms with E-state index in [1.54, 1.807) is 0 Å². The molecule has 0 spiro atoms. The van der Waals surface area contributed by atoms with E-state index in [1.165, 1.54) is 0 Å². The topological polar surface area (TPSA) is 61.0 Å². The molecular weight excluding hydrogens is 306 g/mol. The third-order valence-corrected chi connectivity index (χ3v) is 2.02. The Morgan fingerprint density at radius 3 is 1.80 bits per heavy atom. The van der Waals surface area contributed by atoms with E-state index < -0.39 is 41.4 Å². The molecule has 1 rings (SSSR count). The van der Waals surface area contributed by atoms with E-state index in [9.17, 15) is 35.1 Å². The van der Waals surface area contributed by atoms with Crippen LogP contribution in [0.5, 0.6) is 5.88 Å². The van der Waals surface area contributed by atoms with E-state index in [2.05, 4.69) is 14.7 Å². The van der Waals surface area contributed by atoms with Crippen LogP contribution in [0.3, 0.4) is 0 Å². The Hall–Kier alpha value is -1.88. The van der Waals surface area contributed by atoms with Crippen molar-refractivity contribution in [2.45, 2.75) is 18.3 Å². The first-order chi connectivity index (χ1) is 8.82. The SMILES string of the molecule is COc1nc(N)nc(C(F)(F)C(F)(F)F)c1C(F)(F)F. The zero-order valence-corrected chi connectivity index (χ0v) is 9.40. The minimum atomic E-state index is -6.29. The molecule has 0 aliphatic heterocycles. The van der Waals surface area contributed by atoms with Gasteiger partial charge in [-0.05, 0) is 0 Å². The van der Waals surface area contributed by atoms with Crippen LogP contribution in [0.2, 0.25) is 0 Å². The average molecular weight is 311 g/mol. The molecule has 0 amide bonds. The molecule has 1 heterocycles. The number of alkyl halides is 8. The van der Waals surface area contributed by atoms with Gasteiger partial charge in [0.05, 0.1) is 7.11 Å². The highest BCUT2D eigenvalue weighted by atomic mass is 19.4. The second-order valence-electron chi connectivity index (χ2n) is 3.38. The maximum Gasteiger partial charge on any atom is 0.459 e. The molecule has 4 nitrogen and oxygen atoms in total. The Morgan fingerprint density at radius 2 is 1.45 bits per heavy atom. The van der Waals surface area contributed by atoms with Gasteiger partial charge in [-0.15, -0.1) is 0 Å². The molecule has 0 aliphatic rings. The van der Waals surface area contributed by atoms with Crippen LogP contribution in [0.15, 0.2) is 0 Å². The number of hydrogen-bond acceptors (Lipinski definition) is 4. The molecular formula is C8H5F8N3O. The van der Waals surface area contributed by atoms with Crippen LogP contribution in [0.4, 0.5) is 41.1 Å². The second-order valence-corrected chi connectivity index (χ2v) is 3.38. The fourth-order valence-corrected chi connectivity index (χ4v) is 1.22. The van der Waals surface area contributed by atoms with Gasteiger partial charge in [0, 0.05) is 0 Å². The van der Waals surface area contributed by atoms with Crippen LogP contribution in [0.25, 0.3) is 0 Å². The highest BCUT2D eigenvalue weighted by Crippen LogP contribution is 2.49. The Bertz CT molecular complexity index is 510. The van der Waals surface area contributed by atoms with E-state index in [4.69, 9.17) is 5.73 Å². The van der Waals surface area contributed by atoms with E-state index >= 15 is 0 Å². The van der Waals surface area contributed by atoms with Crippen molar-refractivity contribution in [2.75, 3.05) is 12.8 Å². The number of halogens is 8. The molecule has 0 atom stereocenters.